The molecule has 1 aliphatic rings. The van der Waals surface area contributed by atoms with Crippen LogP contribution < -0.4 is 16.0 Å². The molecule has 8 nitrogen and oxygen atoms in total. The second-order valence-corrected chi connectivity index (χ2v) is 8.10. The molecule has 0 saturated carbocycles. The number of aromatic amines is 1. The van der Waals surface area contributed by atoms with Crippen LogP contribution >= 0.6 is 0 Å². The number of benzene rings is 2. The lowest BCUT2D eigenvalue weighted by atomic mass is 10.0. The number of H-pyrrole nitrogens is 1. The molecule has 0 unspecified atom stereocenters. The van der Waals surface area contributed by atoms with Crippen molar-refractivity contribution >= 4 is 28.6 Å². The van der Waals surface area contributed by atoms with Gasteiger partial charge in [0.15, 0.2) is 0 Å². The van der Waals surface area contributed by atoms with Gasteiger partial charge in [-0.05, 0) is 24.1 Å². The average Bonchev–Trinajstić information content (AvgIpc) is 3.20. The van der Waals surface area contributed by atoms with Gasteiger partial charge in [-0.2, -0.15) is 0 Å². The molecule has 0 spiro atoms. The van der Waals surface area contributed by atoms with Crippen LogP contribution in [0.25, 0.3) is 10.9 Å². The highest BCUT2D eigenvalue weighted by Gasteiger charge is 2.36. The summed E-state index contributed by atoms with van der Waals surface area (Å²) >= 11 is 0. The predicted octanol–water partition coefficient (Wildman–Crippen LogP) is 0.802. The highest BCUT2D eigenvalue weighted by molar-refractivity contribution is 5.98. The van der Waals surface area contributed by atoms with E-state index in [1.54, 1.807) is 0 Å². The van der Waals surface area contributed by atoms with Gasteiger partial charge in [0.1, 0.15) is 18.1 Å². The number of carbonyl (C=O) groups is 3. The first-order valence-corrected chi connectivity index (χ1v) is 10.6. The van der Waals surface area contributed by atoms with E-state index in [2.05, 4.69) is 20.9 Å². The topological polar surface area (TPSA) is 123 Å². The van der Waals surface area contributed by atoms with Crippen LogP contribution in [0.2, 0.25) is 0 Å². The molecule has 1 aliphatic heterocycles. The van der Waals surface area contributed by atoms with Crippen molar-refractivity contribution in [3.63, 3.8) is 0 Å². The molecule has 0 bridgehead atoms. The van der Waals surface area contributed by atoms with E-state index in [4.69, 9.17) is 0 Å². The minimum Gasteiger partial charge on any atom is -0.391 e. The summed E-state index contributed by atoms with van der Waals surface area (Å²) in [5.41, 5.74) is 2.67. The summed E-state index contributed by atoms with van der Waals surface area (Å²) in [6.45, 7) is 1.43. The fraction of sp³-hybridized carbons (Fsp3) is 0.292. The Bertz CT molecular complexity index is 1130. The second kappa shape index (κ2) is 9.23. The van der Waals surface area contributed by atoms with Crippen LogP contribution in [0.15, 0.2) is 60.8 Å². The Kier molecular flexibility index (Phi) is 6.23. The molecular formula is C24H26N4O4. The van der Waals surface area contributed by atoms with Crippen LogP contribution in [-0.2, 0) is 27.2 Å². The number of aliphatic hydroxyl groups is 1. The average molecular weight is 434 g/mol. The minimum absolute atomic E-state index is 0.236. The fourth-order valence-corrected chi connectivity index (χ4v) is 3.98. The molecule has 1 saturated heterocycles. The maximum atomic E-state index is 13.1. The van der Waals surface area contributed by atoms with Crippen LogP contribution in [-0.4, -0.2) is 52.0 Å². The Morgan fingerprint density at radius 1 is 0.812 bits per heavy atom. The monoisotopic (exact) mass is 434 g/mol. The van der Waals surface area contributed by atoms with Gasteiger partial charge in [0.05, 0.1) is 6.10 Å². The van der Waals surface area contributed by atoms with Gasteiger partial charge < -0.3 is 26.0 Å². The molecule has 2 aromatic carbocycles. The van der Waals surface area contributed by atoms with Crippen molar-refractivity contribution in [2.45, 2.75) is 44.0 Å². The fourth-order valence-electron chi connectivity index (χ4n) is 3.98. The van der Waals surface area contributed by atoms with Crippen molar-refractivity contribution in [2.24, 2.45) is 0 Å². The van der Waals surface area contributed by atoms with Gasteiger partial charge in [-0.1, -0.05) is 48.5 Å². The normalized spacial score (nSPS) is 22.8. The van der Waals surface area contributed by atoms with Crippen molar-refractivity contribution < 1.29 is 19.5 Å². The molecule has 0 aliphatic carbocycles. The molecule has 32 heavy (non-hydrogen) atoms. The summed E-state index contributed by atoms with van der Waals surface area (Å²) in [4.78, 5) is 42.1. The highest BCUT2D eigenvalue weighted by Crippen LogP contribution is 2.19. The van der Waals surface area contributed by atoms with Crippen LogP contribution in [0.3, 0.4) is 0 Å². The minimum atomic E-state index is -1.17. The van der Waals surface area contributed by atoms with E-state index in [-0.39, 0.29) is 12.8 Å². The first kappa shape index (κ1) is 21.6. The first-order chi connectivity index (χ1) is 15.4. The number of para-hydroxylation sites is 1. The second-order valence-electron chi connectivity index (χ2n) is 8.10. The number of nitrogens with one attached hydrogen (secondary N) is 4. The number of amides is 3. The van der Waals surface area contributed by atoms with Crippen molar-refractivity contribution in [1.82, 2.24) is 20.9 Å². The van der Waals surface area contributed by atoms with E-state index in [0.29, 0.717) is 0 Å². The molecule has 4 atom stereocenters. The maximum absolute atomic E-state index is 13.1. The van der Waals surface area contributed by atoms with E-state index >= 15 is 0 Å². The van der Waals surface area contributed by atoms with E-state index < -0.39 is 42.0 Å². The lowest BCUT2D eigenvalue weighted by molar-refractivity contribution is -0.132. The molecule has 1 fully saturated rings. The van der Waals surface area contributed by atoms with Gasteiger partial charge in [0.2, 0.25) is 17.7 Å². The molecule has 3 aromatic rings. The van der Waals surface area contributed by atoms with Gasteiger partial charge in [0, 0.05) is 29.9 Å². The lowest BCUT2D eigenvalue weighted by Gasteiger charge is -2.22. The summed E-state index contributed by atoms with van der Waals surface area (Å²) < 4.78 is 0. The van der Waals surface area contributed by atoms with Crippen molar-refractivity contribution in [3.8, 4) is 0 Å². The van der Waals surface area contributed by atoms with Crippen molar-refractivity contribution in [3.05, 3.63) is 71.9 Å². The number of hydrogen-bond donors (Lipinski definition) is 5. The standard InChI is InChI=1S/C24H26N4O4/c1-14(29)21-24(32)27-19(11-15-7-3-2-4-8-15)22(30)26-20(23(31)28-21)12-16-13-25-18-10-6-5-9-17(16)18/h2-10,13-14,19-21,25,29H,11-12H2,1H3,(H,26,30)(H,27,32)(H,28,31)/t14-,19+,20+,21+/m1/s1. The zero-order valence-corrected chi connectivity index (χ0v) is 17.7. The maximum Gasteiger partial charge on any atom is 0.245 e. The first-order valence-electron chi connectivity index (χ1n) is 10.6. The number of fused-ring (bicyclic) bond motifs is 1. The SMILES string of the molecule is C[C@@H](O)[C@@H]1NC(=O)[C@H](Cc2c[nH]c3ccccc23)NC(=O)[C@H](Cc2ccccc2)NC1=O. The van der Waals surface area contributed by atoms with Gasteiger partial charge in [-0.15, -0.1) is 0 Å². The largest absolute Gasteiger partial charge is 0.391 e. The van der Waals surface area contributed by atoms with Gasteiger partial charge in [-0.25, -0.2) is 0 Å². The quantitative estimate of drug-likeness (QED) is 0.408. The number of carbonyl (C=O) groups excluding carboxylic acids is 3. The molecule has 5 N–H and O–H groups in total. The third-order valence-corrected chi connectivity index (χ3v) is 5.71. The van der Waals surface area contributed by atoms with Crippen LogP contribution in [0.5, 0.6) is 0 Å². The summed E-state index contributed by atoms with van der Waals surface area (Å²) in [7, 11) is 0. The number of hydrogen-bond acceptors (Lipinski definition) is 4. The predicted molar refractivity (Wildman–Crippen MR) is 120 cm³/mol. The zero-order valence-electron chi connectivity index (χ0n) is 17.7. The Morgan fingerprint density at radius 2 is 1.44 bits per heavy atom. The summed E-state index contributed by atoms with van der Waals surface area (Å²) in [6.07, 6.45) is 1.19. The Hall–Kier alpha value is -3.65. The molecule has 4 rings (SSSR count). The number of aliphatic hydroxyl groups excluding tert-OH is 1. The highest BCUT2D eigenvalue weighted by atomic mass is 16.3. The van der Waals surface area contributed by atoms with Gasteiger partial charge in [0.25, 0.3) is 0 Å². The number of rotatable bonds is 5. The van der Waals surface area contributed by atoms with E-state index in [0.717, 1.165) is 22.0 Å². The Labute approximate surface area is 185 Å². The summed E-state index contributed by atoms with van der Waals surface area (Å²) in [5, 5.41) is 19.2. The third kappa shape index (κ3) is 4.65. The smallest absolute Gasteiger partial charge is 0.245 e. The molecule has 2 heterocycles. The number of aromatic nitrogens is 1. The zero-order chi connectivity index (χ0) is 22.7. The summed E-state index contributed by atoms with van der Waals surface area (Å²) in [6, 6.07) is 14.0. The Morgan fingerprint density at radius 3 is 2.19 bits per heavy atom. The van der Waals surface area contributed by atoms with Crippen LogP contribution in [0.4, 0.5) is 0 Å². The molecule has 1 aromatic heterocycles. The van der Waals surface area contributed by atoms with E-state index in [9.17, 15) is 19.5 Å². The molecular weight excluding hydrogens is 408 g/mol. The van der Waals surface area contributed by atoms with Gasteiger partial charge >= 0.3 is 0 Å². The van der Waals surface area contributed by atoms with E-state index in [1.165, 1.54) is 6.92 Å². The van der Waals surface area contributed by atoms with Crippen LogP contribution in [0.1, 0.15) is 18.1 Å². The van der Waals surface area contributed by atoms with Crippen molar-refractivity contribution in [2.75, 3.05) is 0 Å². The molecule has 3 amide bonds. The summed E-state index contributed by atoms with van der Waals surface area (Å²) in [5.74, 6) is -1.57. The van der Waals surface area contributed by atoms with Crippen LogP contribution in [0, 0.1) is 0 Å². The van der Waals surface area contributed by atoms with Gasteiger partial charge in [-0.3, -0.25) is 14.4 Å². The molecule has 0 radical (unpaired) electrons. The Balaban J connectivity index is 1.63. The molecule has 8 heteroatoms. The lowest BCUT2D eigenvalue weighted by Crippen LogP contribution is -2.55. The van der Waals surface area contributed by atoms with E-state index in [1.807, 2.05) is 60.8 Å². The van der Waals surface area contributed by atoms with Crippen molar-refractivity contribution in [1.29, 1.82) is 0 Å². The third-order valence-electron chi connectivity index (χ3n) is 5.71. The molecule has 166 valence electrons.